The van der Waals surface area contributed by atoms with Gasteiger partial charge in [0.2, 0.25) is 0 Å². The predicted octanol–water partition coefficient (Wildman–Crippen LogP) is 3.71. The van der Waals surface area contributed by atoms with E-state index in [-0.39, 0.29) is 12.4 Å². The minimum absolute atomic E-state index is 0. The molecular weight excluding hydrogens is 232 g/mol. The molecule has 0 atom stereocenters. The normalized spacial score (nSPS) is 17.9. The van der Waals surface area contributed by atoms with Gasteiger partial charge in [-0.25, -0.2) is 0 Å². The van der Waals surface area contributed by atoms with Crippen molar-refractivity contribution in [1.82, 2.24) is 10.3 Å². The second kappa shape index (κ2) is 8.48. The molecule has 1 aromatic rings. The van der Waals surface area contributed by atoms with Crippen LogP contribution in [0.3, 0.4) is 0 Å². The highest BCUT2D eigenvalue weighted by Crippen LogP contribution is 2.17. The average molecular weight is 255 g/mol. The van der Waals surface area contributed by atoms with Crippen molar-refractivity contribution >= 4 is 12.4 Å². The highest BCUT2D eigenvalue weighted by molar-refractivity contribution is 5.85. The van der Waals surface area contributed by atoms with Crippen molar-refractivity contribution in [2.24, 2.45) is 0 Å². The number of hydrogen-bond donors (Lipinski definition) is 1. The molecule has 3 heteroatoms. The fourth-order valence-corrected chi connectivity index (χ4v) is 2.43. The molecule has 2 nitrogen and oxygen atoms in total. The van der Waals surface area contributed by atoms with Crippen molar-refractivity contribution in [3.05, 3.63) is 30.1 Å². The van der Waals surface area contributed by atoms with Gasteiger partial charge in [0, 0.05) is 25.0 Å². The van der Waals surface area contributed by atoms with Gasteiger partial charge < -0.3 is 5.32 Å². The summed E-state index contributed by atoms with van der Waals surface area (Å²) in [4.78, 5) is 4.14. The van der Waals surface area contributed by atoms with Crippen LogP contribution in [0.15, 0.2) is 24.5 Å². The van der Waals surface area contributed by atoms with Gasteiger partial charge in [-0.05, 0) is 24.5 Å². The molecule has 1 saturated carbocycles. The van der Waals surface area contributed by atoms with Crippen LogP contribution in [0.5, 0.6) is 0 Å². The zero-order chi connectivity index (χ0) is 11.1. The first kappa shape index (κ1) is 14.5. The number of rotatable bonds is 3. The van der Waals surface area contributed by atoms with Gasteiger partial charge in [0.05, 0.1) is 0 Å². The number of pyridine rings is 1. The number of aromatic nitrogens is 1. The maximum atomic E-state index is 4.14. The molecule has 1 N–H and O–H groups in total. The quantitative estimate of drug-likeness (QED) is 0.890. The molecule has 0 bridgehead atoms. The third-order valence-corrected chi connectivity index (χ3v) is 3.42. The molecular formula is C14H23ClN2. The fourth-order valence-electron chi connectivity index (χ4n) is 2.43. The average Bonchev–Trinajstić information content (AvgIpc) is 2.29. The Morgan fingerprint density at radius 1 is 1.12 bits per heavy atom. The molecule has 1 aliphatic carbocycles. The Labute approximate surface area is 111 Å². The van der Waals surface area contributed by atoms with Crippen molar-refractivity contribution in [3.63, 3.8) is 0 Å². The van der Waals surface area contributed by atoms with E-state index in [2.05, 4.69) is 16.4 Å². The van der Waals surface area contributed by atoms with Crippen LogP contribution in [0, 0.1) is 0 Å². The molecule has 0 amide bonds. The summed E-state index contributed by atoms with van der Waals surface area (Å²) in [5.74, 6) is 0. The lowest BCUT2D eigenvalue weighted by atomic mass is 9.96. The molecule has 0 aliphatic heterocycles. The van der Waals surface area contributed by atoms with Gasteiger partial charge in [-0.1, -0.05) is 38.2 Å². The van der Waals surface area contributed by atoms with Gasteiger partial charge in [0.25, 0.3) is 0 Å². The second-order valence-corrected chi connectivity index (χ2v) is 4.78. The van der Waals surface area contributed by atoms with E-state index in [0.29, 0.717) is 0 Å². The molecule has 96 valence electrons. The lowest BCUT2D eigenvalue weighted by molar-refractivity contribution is 0.389. The third kappa shape index (κ3) is 5.51. The summed E-state index contributed by atoms with van der Waals surface area (Å²) in [7, 11) is 0. The molecule has 1 fully saturated rings. The summed E-state index contributed by atoms with van der Waals surface area (Å²) < 4.78 is 0. The zero-order valence-corrected chi connectivity index (χ0v) is 11.2. The summed E-state index contributed by atoms with van der Waals surface area (Å²) in [5, 5.41) is 3.67. The number of hydrogen-bond acceptors (Lipinski definition) is 2. The maximum absolute atomic E-state index is 4.14. The van der Waals surface area contributed by atoms with E-state index in [4.69, 9.17) is 0 Å². The molecule has 2 rings (SSSR count). The van der Waals surface area contributed by atoms with E-state index < -0.39 is 0 Å². The largest absolute Gasteiger partial charge is 0.310 e. The summed E-state index contributed by atoms with van der Waals surface area (Å²) in [6.45, 7) is 0.971. The van der Waals surface area contributed by atoms with Crippen molar-refractivity contribution in [1.29, 1.82) is 0 Å². The first-order valence-corrected chi connectivity index (χ1v) is 6.57. The minimum atomic E-state index is 0. The van der Waals surface area contributed by atoms with Crippen molar-refractivity contribution < 1.29 is 0 Å². The molecule has 0 unspecified atom stereocenters. The Kier molecular flexibility index (Phi) is 7.22. The predicted molar refractivity (Wildman–Crippen MR) is 74.4 cm³/mol. The van der Waals surface area contributed by atoms with Gasteiger partial charge in [0.1, 0.15) is 0 Å². The van der Waals surface area contributed by atoms with Crippen LogP contribution in [-0.2, 0) is 6.54 Å². The first-order valence-electron chi connectivity index (χ1n) is 6.57. The van der Waals surface area contributed by atoms with E-state index in [1.54, 1.807) is 0 Å². The maximum Gasteiger partial charge on any atom is 0.0312 e. The SMILES string of the molecule is Cl.c1cncc(CNC2CCCCCCC2)c1. The Bertz CT molecular complexity index is 282. The van der Waals surface area contributed by atoms with Gasteiger partial charge in [-0.2, -0.15) is 0 Å². The molecule has 1 heterocycles. The van der Waals surface area contributed by atoms with Gasteiger partial charge in [0.15, 0.2) is 0 Å². The standard InChI is InChI=1S/C14H22N2.ClH/c1-2-4-8-14(9-5-3-1)16-12-13-7-6-10-15-11-13;/h6-7,10-11,14,16H,1-5,8-9,12H2;1H. The van der Waals surface area contributed by atoms with Crippen molar-refractivity contribution in [3.8, 4) is 0 Å². The third-order valence-electron chi connectivity index (χ3n) is 3.42. The molecule has 0 saturated heterocycles. The van der Waals surface area contributed by atoms with Crippen LogP contribution < -0.4 is 5.32 Å². The summed E-state index contributed by atoms with van der Waals surface area (Å²) >= 11 is 0. The lowest BCUT2D eigenvalue weighted by Gasteiger charge is -2.21. The summed E-state index contributed by atoms with van der Waals surface area (Å²) in [6.07, 6.45) is 13.6. The Hall–Kier alpha value is -0.600. The van der Waals surface area contributed by atoms with E-state index in [1.807, 2.05) is 18.5 Å². The fraction of sp³-hybridized carbons (Fsp3) is 0.643. The van der Waals surface area contributed by atoms with E-state index in [0.717, 1.165) is 12.6 Å². The topological polar surface area (TPSA) is 24.9 Å². The van der Waals surface area contributed by atoms with Crippen LogP contribution in [-0.4, -0.2) is 11.0 Å². The molecule has 1 aliphatic rings. The number of nitrogens with zero attached hydrogens (tertiary/aromatic N) is 1. The second-order valence-electron chi connectivity index (χ2n) is 4.78. The molecule has 0 aromatic carbocycles. The highest BCUT2D eigenvalue weighted by Gasteiger charge is 2.10. The Morgan fingerprint density at radius 3 is 2.47 bits per heavy atom. The summed E-state index contributed by atoms with van der Waals surface area (Å²) in [5.41, 5.74) is 1.30. The van der Waals surface area contributed by atoms with Crippen LogP contribution in [0.4, 0.5) is 0 Å². The zero-order valence-electron chi connectivity index (χ0n) is 10.4. The van der Waals surface area contributed by atoms with Crippen molar-refractivity contribution in [2.45, 2.75) is 57.5 Å². The van der Waals surface area contributed by atoms with E-state index >= 15 is 0 Å². The van der Waals surface area contributed by atoms with Gasteiger partial charge in [-0.3, -0.25) is 4.98 Å². The molecule has 0 radical (unpaired) electrons. The van der Waals surface area contributed by atoms with Gasteiger partial charge in [-0.15, -0.1) is 12.4 Å². The molecule has 0 spiro atoms. The smallest absolute Gasteiger partial charge is 0.0312 e. The number of nitrogens with one attached hydrogen (secondary N) is 1. The van der Waals surface area contributed by atoms with Crippen molar-refractivity contribution in [2.75, 3.05) is 0 Å². The van der Waals surface area contributed by atoms with Crippen LogP contribution in [0.25, 0.3) is 0 Å². The first-order chi connectivity index (χ1) is 7.95. The number of halogens is 1. The van der Waals surface area contributed by atoms with E-state index in [9.17, 15) is 0 Å². The van der Waals surface area contributed by atoms with Gasteiger partial charge >= 0.3 is 0 Å². The van der Waals surface area contributed by atoms with Crippen LogP contribution in [0.1, 0.15) is 50.5 Å². The molecule has 17 heavy (non-hydrogen) atoms. The lowest BCUT2D eigenvalue weighted by Crippen LogP contribution is -2.29. The Balaban J connectivity index is 0.00000144. The summed E-state index contributed by atoms with van der Waals surface area (Å²) in [6, 6.07) is 4.87. The highest BCUT2D eigenvalue weighted by atomic mass is 35.5. The van der Waals surface area contributed by atoms with Crippen LogP contribution in [0.2, 0.25) is 0 Å². The monoisotopic (exact) mass is 254 g/mol. The minimum Gasteiger partial charge on any atom is -0.310 e. The van der Waals surface area contributed by atoms with Crippen LogP contribution >= 0.6 is 12.4 Å². The Morgan fingerprint density at radius 2 is 1.82 bits per heavy atom. The molecule has 1 aromatic heterocycles. The van der Waals surface area contributed by atoms with E-state index in [1.165, 1.54) is 50.5 Å².